The average Bonchev–Trinajstić information content (AvgIpc) is 3.05. The van der Waals surface area contributed by atoms with Gasteiger partial charge in [-0.3, -0.25) is 0 Å². The number of rotatable bonds is 4. The second kappa shape index (κ2) is 5.54. The van der Waals surface area contributed by atoms with Gasteiger partial charge in [0.25, 0.3) is 5.89 Å². The van der Waals surface area contributed by atoms with Gasteiger partial charge in [-0.05, 0) is 31.5 Å². The molecule has 1 aromatic carbocycles. The van der Waals surface area contributed by atoms with Crippen LogP contribution in [0.15, 0.2) is 39.3 Å². The summed E-state index contributed by atoms with van der Waals surface area (Å²) in [6.45, 7) is 4.51. The summed E-state index contributed by atoms with van der Waals surface area (Å²) in [6, 6.07) is 9.99. The SMILES string of the molecule is Cc1cc(C)cc(Cc2noc(-c3ccc(CN)o3)n2)c1. The Morgan fingerprint density at radius 2 is 1.86 bits per heavy atom. The van der Waals surface area contributed by atoms with Crippen molar-refractivity contribution in [3.63, 3.8) is 0 Å². The van der Waals surface area contributed by atoms with Crippen molar-refractivity contribution in [3.05, 3.63) is 58.6 Å². The predicted molar refractivity (Wildman–Crippen MR) is 78.6 cm³/mol. The van der Waals surface area contributed by atoms with E-state index in [4.69, 9.17) is 14.7 Å². The molecule has 3 rings (SSSR count). The van der Waals surface area contributed by atoms with E-state index in [1.807, 2.05) is 6.07 Å². The monoisotopic (exact) mass is 283 g/mol. The van der Waals surface area contributed by atoms with E-state index in [2.05, 4.69) is 42.2 Å². The molecule has 2 aromatic heterocycles. The molecule has 0 spiro atoms. The van der Waals surface area contributed by atoms with Crippen molar-refractivity contribution < 1.29 is 8.94 Å². The normalized spacial score (nSPS) is 11.0. The Kier molecular flexibility index (Phi) is 3.58. The van der Waals surface area contributed by atoms with Crippen LogP contribution in [-0.2, 0) is 13.0 Å². The van der Waals surface area contributed by atoms with Crippen LogP contribution in [0.5, 0.6) is 0 Å². The van der Waals surface area contributed by atoms with Crippen LogP contribution < -0.4 is 5.73 Å². The summed E-state index contributed by atoms with van der Waals surface area (Å²) in [5, 5.41) is 4.00. The molecule has 108 valence electrons. The first-order chi connectivity index (χ1) is 10.1. The zero-order valence-electron chi connectivity index (χ0n) is 12.1. The van der Waals surface area contributed by atoms with Crippen molar-refractivity contribution >= 4 is 0 Å². The van der Waals surface area contributed by atoms with Gasteiger partial charge < -0.3 is 14.7 Å². The average molecular weight is 283 g/mol. The van der Waals surface area contributed by atoms with Gasteiger partial charge in [0.05, 0.1) is 6.54 Å². The maximum Gasteiger partial charge on any atom is 0.293 e. The molecule has 0 fully saturated rings. The lowest BCUT2D eigenvalue weighted by Crippen LogP contribution is -1.93. The van der Waals surface area contributed by atoms with Gasteiger partial charge in [0.15, 0.2) is 11.6 Å². The van der Waals surface area contributed by atoms with E-state index in [1.165, 1.54) is 16.7 Å². The number of aryl methyl sites for hydroxylation is 2. The molecule has 3 aromatic rings. The van der Waals surface area contributed by atoms with Crippen LogP contribution in [0.2, 0.25) is 0 Å². The highest BCUT2D eigenvalue weighted by Gasteiger charge is 2.13. The lowest BCUT2D eigenvalue weighted by molar-refractivity contribution is 0.406. The molecule has 0 aliphatic carbocycles. The van der Waals surface area contributed by atoms with Crippen molar-refractivity contribution in [1.29, 1.82) is 0 Å². The highest BCUT2D eigenvalue weighted by molar-refractivity contribution is 5.44. The van der Waals surface area contributed by atoms with Crippen molar-refractivity contribution in [2.45, 2.75) is 26.8 Å². The Morgan fingerprint density at radius 1 is 1.10 bits per heavy atom. The molecule has 0 aliphatic heterocycles. The predicted octanol–water partition coefficient (Wildman–Crippen LogP) is 3.00. The highest BCUT2D eigenvalue weighted by Crippen LogP contribution is 2.21. The smallest absolute Gasteiger partial charge is 0.293 e. The maximum atomic E-state index is 5.52. The fraction of sp³-hybridized carbons (Fsp3) is 0.250. The molecule has 0 saturated carbocycles. The summed E-state index contributed by atoms with van der Waals surface area (Å²) in [6.07, 6.45) is 0.635. The van der Waals surface area contributed by atoms with Gasteiger partial charge in [0, 0.05) is 6.42 Å². The largest absolute Gasteiger partial charge is 0.455 e. The minimum absolute atomic E-state index is 0.351. The van der Waals surface area contributed by atoms with E-state index < -0.39 is 0 Å². The minimum Gasteiger partial charge on any atom is -0.455 e. The van der Waals surface area contributed by atoms with Gasteiger partial charge in [0.2, 0.25) is 0 Å². The van der Waals surface area contributed by atoms with Crippen LogP contribution in [-0.4, -0.2) is 10.1 Å². The standard InChI is InChI=1S/C16H17N3O2/c1-10-5-11(2)7-12(6-10)8-15-18-16(21-19-15)14-4-3-13(9-17)20-14/h3-7H,8-9,17H2,1-2H3. The molecule has 0 radical (unpaired) electrons. The molecule has 0 bridgehead atoms. The molecular weight excluding hydrogens is 266 g/mol. The minimum atomic E-state index is 0.351. The van der Waals surface area contributed by atoms with Gasteiger partial charge in [-0.15, -0.1) is 0 Å². The van der Waals surface area contributed by atoms with E-state index in [-0.39, 0.29) is 0 Å². The van der Waals surface area contributed by atoms with Crippen molar-refractivity contribution in [1.82, 2.24) is 10.1 Å². The molecule has 5 nitrogen and oxygen atoms in total. The second-order valence-electron chi connectivity index (χ2n) is 5.16. The molecule has 2 N–H and O–H groups in total. The van der Waals surface area contributed by atoms with Gasteiger partial charge >= 0.3 is 0 Å². The molecule has 0 saturated heterocycles. The van der Waals surface area contributed by atoms with Crippen LogP contribution in [0.3, 0.4) is 0 Å². The fourth-order valence-electron chi connectivity index (χ4n) is 2.38. The maximum absolute atomic E-state index is 5.52. The summed E-state index contributed by atoms with van der Waals surface area (Å²) in [5.74, 6) is 2.27. The first-order valence-electron chi connectivity index (χ1n) is 6.83. The van der Waals surface area contributed by atoms with Crippen LogP contribution in [0.1, 0.15) is 28.3 Å². The first kappa shape index (κ1) is 13.6. The number of nitrogens with two attached hydrogens (primary N) is 1. The molecule has 5 heteroatoms. The molecule has 0 atom stereocenters. The van der Waals surface area contributed by atoms with Gasteiger partial charge in [-0.2, -0.15) is 4.98 Å². The number of furan rings is 1. The Balaban J connectivity index is 1.81. The fourth-order valence-corrected chi connectivity index (χ4v) is 2.38. The Bertz CT molecular complexity index is 738. The molecule has 0 unspecified atom stereocenters. The van der Waals surface area contributed by atoms with Gasteiger partial charge in [0.1, 0.15) is 5.76 Å². The van der Waals surface area contributed by atoms with E-state index in [9.17, 15) is 0 Å². The topological polar surface area (TPSA) is 78.1 Å². The zero-order chi connectivity index (χ0) is 14.8. The Morgan fingerprint density at radius 3 is 2.52 bits per heavy atom. The summed E-state index contributed by atoms with van der Waals surface area (Å²) in [4.78, 5) is 4.37. The molecular formula is C16H17N3O2. The molecule has 2 heterocycles. The van der Waals surface area contributed by atoms with Crippen LogP contribution >= 0.6 is 0 Å². The first-order valence-corrected chi connectivity index (χ1v) is 6.83. The lowest BCUT2D eigenvalue weighted by atomic mass is 10.1. The third-order valence-electron chi connectivity index (χ3n) is 3.19. The number of aromatic nitrogens is 2. The summed E-state index contributed by atoms with van der Waals surface area (Å²) in [7, 11) is 0. The Hall–Kier alpha value is -2.40. The van der Waals surface area contributed by atoms with Crippen LogP contribution in [0.4, 0.5) is 0 Å². The van der Waals surface area contributed by atoms with Crippen LogP contribution in [0.25, 0.3) is 11.7 Å². The van der Waals surface area contributed by atoms with Gasteiger partial charge in [-0.25, -0.2) is 0 Å². The number of nitrogens with zero attached hydrogens (tertiary/aromatic N) is 2. The summed E-state index contributed by atoms with van der Waals surface area (Å²) in [5.41, 5.74) is 9.14. The van der Waals surface area contributed by atoms with E-state index in [1.54, 1.807) is 6.07 Å². The van der Waals surface area contributed by atoms with Crippen molar-refractivity contribution in [2.75, 3.05) is 0 Å². The summed E-state index contributed by atoms with van der Waals surface area (Å²) < 4.78 is 10.7. The van der Waals surface area contributed by atoms with E-state index in [0.29, 0.717) is 36.2 Å². The van der Waals surface area contributed by atoms with Gasteiger partial charge in [-0.1, -0.05) is 34.5 Å². The quantitative estimate of drug-likeness (QED) is 0.796. The molecule has 0 amide bonds. The third-order valence-corrected chi connectivity index (χ3v) is 3.19. The molecule has 0 aliphatic rings. The number of hydrogen-bond donors (Lipinski definition) is 1. The lowest BCUT2D eigenvalue weighted by Gasteiger charge is -2.01. The van der Waals surface area contributed by atoms with Crippen LogP contribution in [0, 0.1) is 13.8 Å². The number of benzene rings is 1. The van der Waals surface area contributed by atoms with E-state index >= 15 is 0 Å². The molecule has 21 heavy (non-hydrogen) atoms. The second-order valence-corrected chi connectivity index (χ2v) is 5.16. The van der Waals surface area contributed by atoms with E-state index in [0.717, 1.165) is 0 Å². The van der Waals surface area contributed by atoms with Crippen molar-refractivity contribution in [3.8, 4) is 11.7 Å². The van der Waals surface area contributed by atoms with Crippen molar-refractivity contribution in [2.24, 2.45) is 5.73 Å². The summed E-state index contributed by atoms with van der Waals surface area (Å²) >= 11 is 0. The number of hydrogen-bond acceptors (Lipinski definition) is 5. The Labute approximate surface area is 122 Å². The highest BCUT2D eigenvalue weighted by atomic mass is 16.5. The third kappa shape index (κ3) is 3.03. The zero-order valence-corrected chi connectivity index (χ0v) is 12.1.